The zero-order valence-corrected chi connectivity index (χ0v) is 14.8. The third-order valence-electron chi connectivity index (χ3n) is 3.93. The first-order valence-electron chi connectivity index (χ1n) is 7.87. The predicted molar refractivity (Wildman–Crippen MR) is 93.2 cm³/mol. The van der Waals surface area contributed by atoms with E-state index in [1.165, 1.54) is 19.1 Å². The van der Waals surface area contributed by atoms with Crippen molar-refractivity contribution in [3.8, 4) is 5.75 Å². The standard InChI is InChI=1S/C18H19NO5S/c1-13-7-9-16(10-8-13)25(21,22)23-12-15-11-19(14(2)20)17-5-3-4-6-18(17)24-15/h3-10,15H,11-12H2,1-2H3. The number of rotatable bonds is 4. The molecule has 6 nitrogen and oxygen atoms in total. The van der Waals surface area contributed by atoms with E-state index in [-0.39, 0.29) is 24.0 Å². The van der Waals surface area contributed by atoms with Crippen molar-refractivity contribution < 1.29 is 22.1 Å². The Hall–Kier alpha value is -2.38. The van der Waals surface area contributed by atoms with Crippen LogP contribution in [-0.2, 0) is 19.1 Å². The quantitative estimate of drug-likeness (QED) is 0.783. The first-order chi connectivity index (χ1) is 11.9. The van der Waals surface area contributed by atoms with Gasteiger partial charge in [-0.1, -0.05) is 29.8 Å². The fourth-order valence-corrected chi connectivity index (χ4v) is 3.56. The van der Waals surface area contributed by atoms with E-state index in [4.69, 9.17) is 8.92 Å². The lowest BCUT2D eigenvalue weighted by Gasteiger charge is -2.34. The van der Waals surface area contributed by atoms with Gasteiger partial charge in [-0.3, -0.25) is 8.98 Å². The first-order valence-corrected chi connectivity index (χ1v) is 9.27. The molecule has 2 aromatic rings. The summed E-state index contributed by atoms with van der Waals surface area (Å²) in [7, 11) is -3.87. The Morgan fingerprint density at radius 3 is 2.56 bits per heavy atom. The fourth-order valence-electron chi connectivity index (χ4n) is 2.62. The van der Waals surface area contributed by atoms with Crippen molar-refractivity contribution in [1.82, 2.24) is 0 Å². The highest BCUT2D eigenvalue weighted by Crippen LogP contribution is 2.33. The lowest BCUT2D eigenvalue weighted by molar-refractivity contribution is -0.117. The van der Waals surface area contributed by atoms with E-state index in [1.807, 2.05) is 13.0 Å². The number of hydrogen-bond acceptors (Lipinski definition) is 5. The molecule has 0 aromatic heterocycles. The molecular formula is C18H19NO5S. The van der Waals surface area contributed by atoms with Gasteiger partial charge in [0.15, 0.2) is 0 Å². The molecule has 7 heteroatoms. The zero-order valence-electron chi connectivity index (χ0n) is 14.0. The van der Waals surface area contributed by atoms with Crippen LogP contribution in [0.25, 0.3) is 0 Å². The van der Waals surface area contributed by atoms with Gasteiger partial charge in [0, 0.05) is 6.92 Å². The minimum Gasteiger partial charge on any atom is -0.484 e. The Bertz CT molecular complexity index is 877. The molecule has 25 heavy (non-hydrogen) atoms. The van der Waals surface area contributed by atoms with E-state index in [9.17, 15) is 13.2 Å². The molecule has 0 spiro atoms. The van der Waals surface area contributed by atoms with Gasteiger partial charge in [-0.15, -0.1) is 0 Å². The molecule has 0 N–H and O–H groups in total. The summed E-state index contributed by atoms with van der Waals surface area (Å²) >= 11 is 0. The molecule has 1 heterocycles. The fraction of sp³-hybridized carbons (Fsp3) is 0.278. The molecule has 1 aliphatic rings. The summed E-state index contributed by atoms with van der Waals surface area (Å²) in [6, 6.07) is 13.6. The number of anilines is 1. The second-order valence-corrected chi connectivity index (χ2v) is 7.50. The van der Waals surface area contributed by atoms with Crippen molar-refractivity contribution in [1.29, 1.82) is 0 Å². The Balaban J connectivity index is 1.74. The molecule has 0 saturated carbocycles. The smallest absolute Gasteiger partial charge is 0.297 e. The predicted octanol–water partition coefficient (Wildman–Crippen LogP) is 2.51. The van der Waals surface area contributed by atoms with Gasteiger partial charge in [0.05, 0.1) is 17.1 Å². The van der Waals surface area contributed by atoms with E-state index in [0.717, 1.165) is 5.56 Å². The van der Waals surface area contributed by atoms with E-state index < -0.39 is 16.2 Å². The maximum absolute atomic E-state index is 12.3. The van der Waals surface area contributed by atoms with Crippen LogP contribution in [0.2, 0.25) is 0 Å². The lowest BCUT2D eigenvalue weighted by Crippen LogP contribution is -2.45. The van der Waals surface area contributed by atoms with Gasteiger partial charge >= 0.3 is 0 Å². The highest BCUT2D eigenvalue weighted by molar-refractivity contribution is 7.86. The number of carbonyl (C=O) groups is 1. The monoisotopic (exact) mass is 361 g/mol. The van der Waals surface area contributed by atoms with Crippen LogP contribution in [0.4, 0.5) is 5.69 Å². The van der Waals surface area contributed by atoms with Crippen molar-refractivity contribution in [3.05, 3.63) is 54.1 Å². The Kier molecular flexibility index (Phi) is 4.78. The molecule has 132 valence electrons. The molecule has 0 aliphatic carbocycles. The molecule has 0 fully saturated rings. The molecule has 0 radical (unpaired) electrons. The molecule has 1 amide bonds. The second-order valence-electron chi connectivity index (χ2n) is 5.89. The van der Waals surface area contributed by atoms with E-state index in [2.05, 4.69) is 0 Å². The number of ether oxygens (including phenoxy) is 1. The van der Waals surface area contributed by atoms with Gasteiger partial charge in [-0.25, -0.2) is 0 Å². The lowest BCUT2D eigenvalue weighted by atomic mass is 10.2. The second kappa shape index (κ2) is 6.85. The summed E-state index contributed by atoms with van der Waals surface area (Å²) in [5.74, 6) is 0.396. The molecular weight excluding hydrogens is 342 g/mol. The number of amides is 1. The number of fused-ring (bicyclic) bond motifs is 1. The van der Waals surface area contributed by atoms with Crippen molar-refractivity contribution >= 4 is 21.7 Å². The zero-order chi connectivity index (χ0) is 18.0. The third-order valence-corrected chi connectivity index (χ3v) is 5.23. The summed E-state index contributed by atoms with van der Waals surface area (Å²) in [5.41, 5.74) is 1.64. The van der Waals surface area contributed by atoms with E-state index in [1.54, 1.807) is 35.2 Å². The molecule has 3 rings (SSSR count). The number of carbonyl (C=O) groups excluding carboxylic acids is 1. The number of benzene rings is 2. The van der Waals surface area contributed by atoms with Crippen LogP contribution >= 0.6 is 0 Å². The topological polar surface area (TPSA) is 72.9 Å². The Morgan fingerprint density at radius 1 is 1.20 bits per heavy atom. The van der Waals surface area contributed by atoms with Gasteiger partial charge in [-0.05, 0) is 31.2 Å². The van der Waals surface area contributed by atoms with Gasteiger partial charge in [0.2, 0.25) is 5.91 Å². The van der Waals surface area contributed by atoms with E-state index in [0.29, 0.717) is 11.4 Å². The average Bonchev–Trinajstić information content (AvgIpc) is 2.59. The molecule has 1 unspecified atom stereocenters. The number of nitrogens with zero attached hydrogens (tertiary/aromatic N) is 1. The van der Waals surface area contributed by atoms with Gasteiger partial charge < -0.3 is 9.64 Å². The van der Waals surface area contributed by atoms with Gasteiger partial charge in [-0.2, -0.15) is 8.42 Å². The van der Waals surface area contributed by atoms with Crippen LogP contribution in [0.15, 0.2) is 53.4 Å². The normalized spacial score (nSPS) is 16.9. The molecule has 0 bridgehead atoms. The number of para-hydroxylation sites is 2. The highest BCUT2D eigenvalue weighted by Gasteiger charge is 2.29. The maximum atomic E-state index is 12.3. The Labute approximate surface area is 147 Å². The minimum atomic E-state index is -3.87. The highest BCUT2D eigenvalue weighted by atomic mass is 32.2. The van der Waals surface area contributed by atoms with Crippen molar-refractivity contribution in [2.45, 2.75) is 24.8 Å². The van der Waals surface area contributed by atoms with E-state index >= 15 is 0 Å². The average molecular weight is 361 g/mol. The van der Waals surface area contributed by atoms with Gasteiger partial charge in [0.1, 0.15) is 18.5 Å². The summed E-state index contributed by atoms with van der Waals surface area (Å²) in [5, 5.41) is 0. The van der Waals surface area contributed by atoms with Crippen molar-refractivity contribution in [2.24, 2.45) is 0 Å². The maximum Gasteiger partial charge on any atom is 0.297 e. The van der Waals surface area contributed by atoms with Crippen LogP contribution in [0, 0.1) is 6.92 Å². The van der Waals surface area contributed by atoms with Gasteiger partial charge in [0.25, 0.3) is 10.1 Å². The SMILES string of the molecule is CC(=O)N1CC(COS(=O)(=O)c2ccc(C)cc2)Oc2ccccc21. The van der Waals surface area contributed by atoms with Crippen LogP contribution in [0.3, 0.4) is 0 Å². The third kappa shape index (κ3) is 3.83. The minimum absolute atomic E-state index is 0.0951. The van der Waals surface area contributed by atoms with Crippen LogP contribution in [0.1, 0.15) is 12.5 Å². The molecule has 1 aliphatic heterocycles. The largest absolute Gasteiger partial charge is 0.484 e. The number of hydrogen-bond donors (Lipinski definition) is 0. The first kappa shape index (κ1) is 17.4. The summed E-state index contributed by atoms with van der Waals surface area (Å²) in [4.78, 5) is 13.5. The molecule has 1 atom stereocenters. The van der Waals surface area contributed by atoms with Crippen molar-refractivity contribution in [3.63, 3.8) is 0 Å². The molecule has 2 aromatic carbocycles. The number of aryl methyl sites for hydroxylation is 1. The van der Waals surface area contributed by atoms with Crippen LogP contribution in [-0.4, -0.2) is 33.6 Å². The summed E-state index contributed by atoms with van der Waals surface area (Å²) in [6.07, 6.45) is -0.570. The summed E-state index contributed by atoms with van der Waals surface area (Å²) in [6.45, 7) is 3.40. The molecule has 0 saturated heterocycles. The van der Waals surface area contributed by atoms with Crippen molar-refractivity contribution in [2.75, 3.05) is 18.1 Å². The summed E-state index contributed by atoms with van der Waals surface area (Å²) < 4.78 is 35.5. The Morgan fingerprint density at radius 2 is 1.88 bits per heavy atom. The van der Waals surface area contributed by atoms with Crippen LogP contribution < -0.4 is 9.64 Å². The van der Waals surface area contributed by atoms with Crippen LogP contribution in [0.5, 0.6) is 5.75 Å².